The molecular formula is C29H34N4O5S. The molecule has 9 nitrogen and oxygen atoms in total. The first-order valence-electron chi connectivity index (χ1n) is 13.1. The number of hydrogen-bond acceptors (Lipinski definition) is 6. The lowest BCUT2D eigenvalue weighted by Crippen LogP contribution is -2.34. The molecular weight excluding hydrogens is 516 g/mol. The van der Waals surface area contributed by atoms with Gasteiger partial charge in [0.2, 0.25) is 0 Å². The number of nitrogens with zero attached hydrogens (tertiary/aromatic N) is 3. The van der Waals surface area contributed by atoms with Crippen LogP contribution in [0.3, 0.4) is 0 Å². The van der Waals surface area contributed by atoms with E-state index in [1.165, 1.54) is 4.31 Å². The molecule has 39 heavy (non-hydrogen) atoms. The zero-order chi connectivity index (χ0) is 27.6. The van der Waals surface area contributed by atoms with Gasteiger partial charge in [-0.25, -0.2) is 0 Å². The van der Waals surface area contributed by atoms with Crippen LogP contribution in [-0.2, 0) is 14.9 Å². The maximum absolute atomic E-state index is 13.3. The highest BCUT2D eigenvalue weighted by atomic mass is 32.2. The lowest BCUT2D eigenvalue weighted by Gasteiger charge is -2.20. The fourth-order valence-corrected chi connectivity index (χ4v) is 6.52. The number of pyridine rings is 1. The number of nitrogens with one attached hydrogen (secondary N) is 1. The lowest BCUT2D eigenvalue weighted by molar-refractivity contribution is 0.0340. The van der Waals surface area contributed by atoms with E-state index in [1.807, 2.05) is 44.2 Å². The molecule has 10 heteroatoms. The molecule has 3 heterocycles. The van der Waals surface area contributed by atoms with Gasteiger partial charge in [0.05, 0.1) is 18.8 Å². The Morgan fingerprint density at radius 2 is 1.85 bits per heavy atom. The summed E-state index contributed by atoms with van der Waals surface area (Å²) in [6.07, 6.45) is 3.54. The summed E-state index contributed by atoms with van der Waals surface area (Å²) in [6, 6.07) is 16.6. The second-order valence-corrected chi connectivity index (χ2v) is 11.9. The van der Waals surface area contributed by atoms with E-state index in [2.05, 4.69) is 9.71 Å². The molecule has 0 bridgehead atoms. The predicted octanol–water partition coefficient (Wildman–Crippen LogP) is 3.76. The molecule has 3 atom stereocenters. The fraction of sp³-hybridized carbons (Fsp3) is 0.379. The maximum Gasteiger partial charge on any atom is 0.301 e. The van der Waals surface area contributed by atoms with Crippen molar-refractivity contribution in [2.75, 3.05) is 38.0 Å². The molecule has 206 valence electrons. The van der Waals surface area contributed by atoms with Crippen LogP contribution in [0.15, 0.2) is 67.0 Å². The zero-order valence-corrected chi connectivity index (χ0v) is 23.2. The first-order valence-corrected chi connectivity index (χ1v) is 14.5. The molecule has 5 rings (SSSR count). The molecule has 2 aliphatic rings. The van der Waals surface area contributed by atoms with Gasteiger partial charge in [-0.1, -0.05) is 29.8 Å². The Bertz CT molecular complexity index is 1430. The monoisotopic (exact) mass is 550 g/mol. The molecule has 2 saturated heterocycles. The number of likely N-dealkylation sites (tertiary alicyclic amines) is 1. The van der Waals surface area contributed by atoms with E-state index < -0.39 is 16.3 Å². The van der Waals surface area contributed by atoms with E-state index in [9.17, 15) is 13.2 Å². The molecule has 2 aromatic carbocycles. The van der Waals surface area contributed by atoms with Crippen molar-refractivity contribution in [3.63, 3.8) is 0 Å². The van der Waals surface area contributed by atoms with Gasteiger partial charge < -0.3 is 14.4 Å². The minimum absolute atomic E-state index is 0.0546. The molecule has 2 fully saturated rings. The normalized spacial score (nSPS) is 21.7. The Hall–Kier alpha value is -3.47. The molecule has 1 unspecified atom stereocenters. The quantitative estimate of drug-likeness (QED) is 0.458. The van der Waals surface area contributed by atoms with Crippen molar-refractivity contribution >= 4 is 21.8 Å². The summed E-state index contributed by atoms with van der Waals surface area (Å²) in [4.78, 5) is 19.2. The molecule has 1 N–H and O–H groups in total. The van der Waals surface area contributed by atoms with Crippen molar-refractivity contribution < 1.29 is 22.7 Å². The Labute approximate surface area is 229 Å². The second-order valence-electron chi connectivity index (χ2n) is 10.2. The molecule has 0 radical (unpaired) electrons. The largest absolute Gasteiger partial charge is 0.486 e. The zero-order valence-electron chi connectivity index (χ0n) is 22.4. The third-order valence-corrected chi connectivity index (χ3v) is 8.95. The minimum Gasteiger partial charge on any atom is -0.486 e. The molecule has 0 saturated carbocycles. The van der Waals surface area contributed by atoms with Crippen molar-refractivity contribution in [3.8, 4) is 5.75 Å². The number of hydrogen-bond donors (Lipinski definition) is 1. The summed E-state index contributed by atoms with van der Waals surface area (Å²) in [5.41, 5.74) is 4.08. The minimum atomic E-state index is -3.74. The van der Waals surface area contributed by atoms with Gasteiger partial charge in [-0.15, -0.1) is 0 Å². The first kappa shape index (κ1) is 27.1. The lowest BCUT2D eigenvalue weighted by atomic mass is 10.0. The van der Waals surface area contributed by atoms with Gasteiger partial charge in [0.25, 0.3) is 5.91 Å². The number of rotatable bonds is 8. The van der Waals surface area contributed by atoms with Crippen molar-refractivity contribution in [2.45, 2.75) is 38.4 Å². The standard InChI is InChI=1S/C29H34N4O5S/c1-20-9-10-21(2)26(14-20)29(34)32-18-27(37-3)28(19-32)38-25-8-4-7-24(15-25)31-39(35,36)33-13-11-23(17-33)22-6-5-12-30-16-22/h4-10,12,14-16,23,27-28,31H,11,13,17-19H2,1-3H3/t23?,27-,28-/m1/s1. The van der Waals surface area contributed by atoms with Crippen LogP contribution in [0.2, 0.25) is 0 Å². The Kier molecular flexibility index (Phi) is 7.88. The highest BCUT2D eigenvalue weighted by molar-refractivity contribution is 7.90. The van der Waals surface area contributed by atoms with E-state index in [1.54, 1.807) is 48.7 Å². The summed E-state index contributed by atoms with van der Waals surface area (Å²) in [6.45, 7) is 5.51. The van der Waals surface area contributed by atoms with Gasteiger partial charge in [-0.3, -0.25) is 14.5 Å². The van der Waals surface area contributed by atoms with Crippen LogP contribution < -0.4 is 9.46 Å². The number of methoxy groups -OCH3 is 1. The Morgan fingerprint density at radius 3 is 2.62 bits per heavy atom. The first-order chi connectivity index (χ1) is 18.7. The summed E-state index contributed by atoms with van der Waals surface area (Å²) in [5.74, 6) is 0.562. The smallest absolute Gasteiger partial charge is 0.301 e. The summed E-state index contributed by atoms with van der Waals surface area (Å²) in [5, 5.41) is 0. The van der Waals surface area contributed by atoms with E-state index in [0.717, 1.165) is 23.1 Å². The highest BCUT2D eigenvalue weighted by Crippen LogP contribution is 2.30. The summed E-state index contributed by atoms with van der Waals surface area (Å²) >= 11 is 0. The van der Waals surface area contributed by atoms with Crippen molar-refractivity contribution in [2.24, 2.45) is 0 Å². The van der Waals surface area contributed by atoms with Crippen LogP contribution in [0, 0.1) is 13.8 Å². The molecule has 3 aromatic rings. The number of anilines is 1. The molecule has 0 aliphatic carbocycles. The number of carbonyl (C=O) groups excluding carboxylic acids is 1. The van der Waals surface area contributed by atoms with Crippen LogP contribution in [0.25, 0.3) is 0 Å². The Morgan fingerprint density at radius 1 is 1.03 bits per heavy atom. The third kappa shape index (κ3) is 6.08. The number of ether oxygens (including phenoxy) is 2. The van der Waals surface area contributed by atoms with Gasteiger partial charge in [-0.05, 0) is 55.7 Å². The van der Waals surface area contributed by atoms with Crippen molar-refractivity contribution in [1.82, 2.24) is 14.2 Å². The third-order valence-electron chi connectivity index (χ3n) is 7.44. The van der Waals surface area contributed by atoms with Crippen molar-refractivity contribution in [1.29, 1.82) is 0 Å². The maximum atomic E-state index is 13.3. The van der Waals surface area contributed by atoms with Crippen LogP contribution in [0.4, 0.5) is 5.69 Å². The molecule has 1 aromatic heterocycles. The van der Waals surface area contributed by atoms with Gasteiger partial charge in [0.1, 0.15) is 18.0 Å². The number of aryl methyl sites for hydroxylation is 2. The van der Waals surface area contributed by atoms with Gasteiger partial charge in [-0.2, -0.15) is 12.7 Å². The van der Waals surface area contributed by atoms with Gasteiger partial charge in [0.15, 0.2) is 0 Å². The summed E-state index contributed by atoms with van der Waals surface area (Å²) < 4.78 is 42.3. The van der Waals surface area contributed by atoms with Crippen LogP contribution in [-0.4, -0.2) is 74.0 Å². The number of carbonyl (C=O) groups is 1. The summed E-state index contributed by atoms with van der Waals surface area (Å²) in [7, 11) is -2.14. The molecule has 0 spiro atoms. The number of benzene rings is 2. The number of amides is 1. The SMILES string of the molecule is CO[C@@H]1CN(C(=O)c2cc(C)ccc2C)C[C@H]1Oc1cccc(NS(=O)(=O)N2CCC(c3cccnc3)C2)c1. The van der Waals surface area contributed by atoms with Gasteiger partial charge in [0, 0.05) is 50.1 Å². The van der Waals surface area contributed by atoms with E-state index in [4.69, 9.17) is 9.47 Å². The molecule has 2 aliphatic heterocycles. The van der Waals surface area contributed by atoms with Crippen LogP contribution >= 0.6 is 0 Å². The number of aromatic nitrogens is 1. The average Bonchev–Trinajstić information content (AvgIpc) is 3.58. The molecule has 1 amide bonds. The fourth-order valence-electron chi connectivity index (χ4n) is 5.24. The topological polar surface area (TPSA) is 101 Å². The highest BCUT2D eigenvalue weighted by Gasteiger charge is 2.38. The van der Waals surface area contributed by atoms with Crippen molar-refractivity contribution in [3.05, 3.63) is 89.2 Å². The second kappa shape index (κ2) is 11.3. The average molecular weight is 551 g/mol. The van der Waals surface area contributed by atoms with Crippen LogP contribution in [0.5, 0.6) is 5.75 Å². The van der Waals surface area contributed by atoms with E-state index in [-0.39, 0.29) is 17.9 Å². The Balaban J connectivity index is 1.24. The van der Waals surface area contributed by atoms with E-state index in [0.29, 0.717) is 43.2 Å². The predicted molar refractivity (Wildman–Crippen MR) is 149 cm³/mol. The van der Waals surface area contributed by atoms with Crippen LogP contribution in [0.1, 0.15) is 39.4 Å². The van der Waals surface area contributed by atoms with E-state index >= 15 is 0 Å². The van der Waals surface area contributed by atoms with Gasteiger partial charge >= 0.3 is 10.2 Å².